The number of carbonyl (C=O) groups is 2. The van der Waals surface area contributed by atoms with Crippen molar-refractivity contribution in [2.75, 3.05) is 20.3 Å². The first-order valence-electron chi connectivity index (χ1n) is 6.17. The molecule has 1 saturated carbocycles. The molecule has 3 atom stereocenters. The number of carboxylic acid groups (broad SMARTS) is 1. The minimum atomic E-state index is -0.771. The number of carboxylic acids is 1. The minimum Gasteiger partial charge on any atom is -0.481 e. The molecule has 0 radical (unpaired) electrons. The zero-order valence-electron chi connectivity index (χ0n) is 10.1. The molecule has 1 amide bonds. The molecule has 0 bridgehead atoms. The molecule has 1 saturated heterocycles. The number of hydrogen-bond donors (Lipinski definition) is 1. The third-order valence-corrected chi connectivity index (χ3v) is 3.93. The Bertz CT molecular complexity index is 312. The lowest BCUT2D eigenvalue weighted by molar-refractivity contribution is -0.141. The summed E-state index contributed by atoms with van der Waals surface area (Å²) in [5.41, 5.74) is 0. The van der Waals surface area contributed by atoms with E-state index in [4.69, 9.17) is 9.84 Å². The van der Waals surface area contributed by atoms with Crippen molar-refractivity contribution in [2.45, 2.75) is 31.7 Å². The molecule has 0 aromatic rings. The fraction of sp³-hybridized carbons (Fsp3) is 0.833. The van der Waals surface area contributed by atoms with E-state index in [1.165, 1.54) is 0 Å². The van der Waals surface area contributed by atoms with Crippen LogP contribution in [0.15, 0.2) is 0 Å². The molecule has 5 heteroatoms. The van der Waals surface area contributed by atoms with Crippen molar-refractivity contribution in [1.82, 2.24) is 4.90 Å². The molecule has 1 heterocycles. The molecule has 2 fully saturated rings. The summed E-state index contributed by atoms with van der Waals surface area (Å²) in [4.78, 5) is 24.8. The van der Waals surface area contributed by atoms with E-state index in [0.29, 0.717) is 32.5 Å². The highest BCUT2D eigenvalue weighted by Crippen LogP contribution is 2.32. The molecule has 96 valence electrons. The molecule has 2 aliphatic rings. The zero-order valence-corrected chi connectivity index (χ0v) is 10.1. The summed E-state index contributed by atoms with van der Waals surface area (Å²) in [6.07, 6.45) is 2.71. The van der Waals surface area contributed by atoms with Gasteiger partial charge in [0.25, 0.3) is 0 Å². The summed E-state index contributed by atoms with van der Waals surface area (Å²) < 4.78 is 5.26. The summed E-state index contributed by atoms with van der Waals surface area (Å²) in [5, 5.41) is 8.92. The van der Waals surface area contributed by atoms with Crippen LogP contribution in [0.1, 0.15) is 25.7 Å². The van der Waals surface area contributed by atoms with E-state index in [9.17, 15) is 9.59 Å². The Morgan fingerprint density at radius 1 is 1.24 bits per heavy atom. The Kier molecular flexibility index (Phi) is 3.66. The topological polar surface area (TPSA) is 66.8 Å². The van der Waals surface area contributed by atoms with Gasteiger partial charge in [-0.2, -0.15) is 0 Å². The van der Waals surface area contributed by atoms with Crippen LogP contribution in [0.3, 0.4) is 0 Å². The van der Waals surface area contributed by atoms with E-state index >= 15 is 0 Å². The average Bonchev–Trinajstić information content (AvgIpc) is 2.97. The highest BCUT2D eigenvalue weighted by molar-refractivity contribution is 5.81. The lowest BCUT2D eigenvalue weighted by Gasteiger charge is -2.26. The number of nitrogens with zero attached hydrogens (tertiary/aromatic N) is 1. The highest BCUT2D eigenvalue weighted by atomic mass is 16.5. The van der Waals surface area contributed by atoms with Gasteiger partial charge in [-0.15, -0.1) is 0 Å². The van der Waals surface area contributed by atoms with Crippen LogP contribution in [-0.2, 0) is 14.3 Å². The predicted molar refractivity (Wildman–Crippen MR) is 60.5 cm³/mol. The van der Waals surface area contributed by atoms with Gasteiger partial charge in [-0.1, -0.05) is 0 Å². The lowest BCUT2D eigenvalue weighted by atomic mass is 10.0. The van der Waals surface area contributed by atoms with E-state index in [1.807, 2.05) is 0 Å². The molecule has 0 aromatic heterocycles. The maximum atomic E-state index is 12.2. The second kappa shape index (κ2) is 5.04. The minimum absolute atomic E-state index is 0.0873. The normalized spacial score (nSPS) is 32.6. The van der Waals surface area contributed by atoms with Gasteiger partial charge in [0, 0.05) is 19.6 Å². The fourth-order valence-electron chi connectivity index (χ4n) is 2.73. The van der Waals surface area contributed by atoms with Crippen LogP contribution < -0.4 is 0 Å². The van der Waals surface area contributed by atoms with Crippen molar-refractivity contribution in [3.05, 3.63) is 0 Å². The van der Waals surface area contributed by atoms with Crippen molar-refractivity contribution in [2.24, 2.45) is 11.8 Å². The largest absolute Gasteiger partial charge is 0.481 e. The summed E-state index contributed by atoms with van der Waals surface area (Å²) in [5.74, 6) is -1.13. The number of amides is 1. The summed E-state index contributed by atoms with van der Waals surface area (Å²) in [6, 6.07) is 0.173. The van der Waals surface area contributed by atoms with Crippen LogP contribution in [0, 0.1) is 11.8 Å². The first-order chi connectivity index (χ1) is 8.09. The van der Waals surface area contributed by atoms with Gasteiger partial charge in [0.2, 0.25) is 5.91 Å². The van der Waals surface area contributed by atoms with Crippen molar-refractivity contribution in [3.8, 4) is 0 Å². The van der Waals surface area contributed by atoms with Crippen molar-refractivity contribution >= 4 is 11.9 Å². The smallest absolute Gasteiger partial charge is 0.306 e. The second-order valence-corrected chi connectivity index (χ2v) is 5.01. The van der Waals surface area contributed by atoms with Crippen LogP contribution in [0.4, 0.5) is 0 Å². The average molecular weight is 241 g/mol. The van der Waals surface area contributed by atoms with Gasteiger partial charge >= 0.3 is 5.97 Å². The van der Waals surface area contributed by atoms with Gasteiger partial charge in [-0.25, -0.2) is 0 Å². The number of aliphatic carboxylic acids is 1. The van der Waals surface area contributed by atoms with Crippen LogP contribution in [0.25, 0.3) is 0 Å². The van der Waals surface area contributed by atoms with Gasteiger partial charge in [0.15, 0.2) is 0 Å². The number of rotatable bonds is 3. The third-order valence-electron chi connectivity index (χ3n) is 3.93. The Morgan fingerprint density at radius 3 is 2.47 bits per heavy atom. The first kappa shape index (κ1) is 12.4. The summed E-state index contributed by atoms with van der Waals surface area (Å²) >= 11 is 0. The molecule has 5 nitrogen and oxygen atoms in total. The van der Waals surface area contributed by atoms with Crippen LogP contribution in [0.2, 0.25) is 0 Å². The number of carbonyl (C=O) groups excluding carboxylic acids is 1. The summed E-state index contributed by atoms with van der Waals surface area (Å²) in [7, 11) is 1.80. The molecule has 2 rings (SSSR count). The van der Waals surface area contributed by atoms with Crippen molar-refractivity contribution in [1.29, 1.82) is 0 Å². The van der Waals surface area contributed by atoms with Crippen LogP contribution >= 0.6 is 0 Å². The predicted octanol–water partition coefficient (Wildman–Crippen LogP) is 0.735. The SMILES string of the molecule is CN(C(=O)[C@@H]1CC[C@H](C(=O)O)C1)C1CCOC1. The molecular formula is C12H19NO4. The molecule has 0 aromatic carbocycles. The molecule has 1 N–H and O–H groups in total. The summed E-state index contributed by atoms with van der Waals surface area (Å²) in [6.45, 7) is 1.32. The van der Waals surface area contributed by atoms with E-state index in [2.05, 4.69) is 0 Å². The number of hydrogen-bond acceptors (Lipinski definition) is 3. The third kappa shape index (κ3) is 2.60. The van der Waals surface area contributed by atoms with Crippen LogP contribution in [0.5, 0.6) is 0 Å². The van der Waals surface area contributed by atoms with Gasteiger partial charge in [0.1, 0.15) is 0 Å². The fourth-order valence-corrected chi connectivity index (χ4v) is 2.73. The van der Waals surface area contributed by atoms with Crippen LogP contribution in [-0.4, -0.2) is 48.2 Å². The zero-order chi connectivity index (χ0) is 12.4. The number of likely N-dealkylation sites (N-methyl/N-ethyl adjacent to an activating group) is 1. The maximum Gasteiger partial charge on any atom is 0.306 e. The van der Waals surface area contributed by atoms with Gasteiger partial charge in [-0.3, -0.25) is 9.59 Å². The lowest BCUT2D eigenvalue weighted by Crippen LogP contribution is -2.40. The molecular weight excluding hydrogens is 222 g/mol. The Morgan fingerprint density at radius 2 is 1.94 bits per heavy atom. The Labute approximate surface area is 101 Å². The van der Waals surface area contributed by atoms with Crippen molar-refractivity contribution < 1.29 is 19.4 Å². The van der Waals surface area contributed by atoms with E-state index in [-0.39, 0.29) is 23.8 Å². The van der Waals surface area contributed by atoms with E-state index in [0.717, 1.165) is 6.42 Å². The van der Waals surface area contributed by atoms with Gasteiger partial charge in [-0.05, 0) is 25.7 Å². The number of ether oxygens (including phenoxy) is 1. The van der Waals surface area contributed by atoms with Crippen molar-refractivity contribution in [3.63, 3.8) is 0 Å². The second-order valence-electron chi connectivity index (χ2n) is 5.01. The standard InChI is InChI=1S/C12H19NO4/c1-13(10-4-5-17-7-10)11(14)8-2-3-9(6-8)12(15)16/h8-10H,2-7H2,1H3,(H,15,16)/t8-,9+,10?/m1/s1. The van der Waals surface area contributed by atoms with E-state index in [1.54, 1.807) is 11.9 Å². The highest BCUT2D eigenvalue weighted by Gasteiger charge is 2.37. The molecule has 1 aliphatic carbocycles. The molecule has 1 aliphatic heterocycles. The Hall–Kier alpha value is -1.10. The van der Waals surface area contributed by atoms with E-state index < -0.39 is 5.97 Å². The molecule has 1 unspecified atom stereocenters. The first-order valence-corrected chi connectivity index (χ1v) is 6.17. The van der Waals surface area contributed by atoms with Gasteiger partial charge in [0.05, 0.1) is 18.6 Å². The monoisotopic (exact) mass is 241 g/mol. The maximum absolute atomic E-state index is 12.2. The molecule has 17 heavy (non-hydrogen) atoms. The quantitative estimate of drug-likeness (QED) is 0.791. The molecule has 0 spiro atoms. The Balaban J connectivity index is 1.89. The van der Waals surface area contributed by atoms with Gasteiger partial charge < -0.3 is 14.7 Å².